The van der Waals surface area contributed by atoms with E-state index in [1.54, 1.807) is 0 Å². The molecule has 1 aromatic heterocycles. The normalized spacial score (nSPS) is 10.7. The molecule has 0 bridgehead atoms. The third-order valence-electron chi connectivity index (χ3n) is 2.83. The summed E-state index contributed by atoms with van der Waals surface area (Å²) in [5.41, 5.74) is 10.3. The Balaban J connectivity index is 2.31. The lowest BCUT2D eigenvalue weighted by atomic mass is 10.1. The van der Waals surface area contributed by atoms with E-state index in [9.17, 15) is 0 Å². The molecule has 2 rings (SSSR count). The van der Waals surface area contributed by atoms with Gasteiger partial charge in [0.25, 0.3) is 0 Å². The Kier molecular flexibility index (Phi) is 3.06. The van der Waals surface area contributed by atoms with Gasteiger partial charge >= 0.3 is 0 Å². The average Bonchev–Trinajstić information content (AvgIpc) is 2.71. The van der Waals surface area contributed by atoms with Crippen LogP contribution in [0.5, 0.6) is 0 Å². The molecule has 3 heteroatoms. The van der Waals surface area contributed by atoms with E-state index < -0.39 is 0 Å². The smallest absolute Gasteiger partial charge is 0.0995 e. The van der Waals surface area contributed by atoms with Crippen LogP contribution in [-0.2, 0) is 6.42 Å². The predicted octanol–water partition coefficient (Wildman–Crippen LogP) is 1.99. The lowest BCUT2D eigenvalue weighted by molar-refractivity contribution is 0.934. The first-order chi connectivity index (χ1) is 7.70. The number of imidazole rings is 1. The largest absolute Gasteiger partial charge is 0.330 e. The molecule has 3 nitrogen and oxygen atoms in total. The van der Waals surface area contributed by atoms with E-state index in [2.05, 4.69) is 37.0 Å². The second kappa shape index (κ2) is 4.49. The summed E-state index contributed by atoms with van der Waals surface area (Å²) in [7, 11) is 0. The first-order valence-corrected chi connectivity index (χ1v) is 5.51. The van der Waals surface area contributed by atoms with Crippen molar-refractivity contribution in [1.29, 1.82) is 0 Å². The number of rotatable bonds is 3. The van der Waals surface area contributed by atoms with Crippen LogP contribution in [0, 0.1) is 13.8 Å². The van der Waals surface area contributed by atoms with Crippen LogP contribution in [-0.4, -0.2) is 16.1 Å². The van der Waals surface area contributed by atoms with Gasteiger partial charge in [0.2, 0.25) is 0 Å². The van der Waals surface area contributed by atoms with Crippen molar-refractivity contribution in [2.75, 3.05) is 6.54 Å². The van der Waals surface area contributed by atoms with Crippen LogP contribution in [0.25, 0.3) is 5.69 Å². The quantitative estimate of drug-likeness (QED) is 0.851. The zero-order valence-corrected chi connectivity index (χ0v) is 9.77. The molecular formula is C13H17N3. The number of hydrogen-bond donors (Lipinski definition) is 1. The summed E-state index contributed by atoms with van der Waals surface area (Å²) in [4.78, 5) is 4.32. The second-order valence-corrected chi connectivity index (χ2v) is 4.08. The van der Waals surface area contributed by atoms with Crippen molar-refractivity contribution >= 4 is 0 Å². The molecule has 0 fully saturated rings. The highest BCUT2D eigenvalue weighted by Crippen LogP contribution is 2.14. The molecule has 16 heavy (non-hydrogen) atoms. The molecule has 0 aliphatic rings. The Morgan fingerprint density at radius 3 is 2.75 bits per heavy atom. The van der Waals surface area contributed by atoms with Crippen LogP contribution in [0.15, 0.2) is 30.7 Å². The summed E-state index contributed by atoms with van der Waals surface area (Å²) in [5.74, 6) is 0. The van der Waals surface area contributed by atoms with Gasteiger partial charge in [0.1, 0.15) is 0 Å². The zero-order valence-electron chi connectivity index (χ0n) is 9.77. The first-order valence-electron chi connectivity index (χ1n) is 5.51. The van der Waals surface area contributed by atoms with Crippen LogP contribution in [0.2, 0.25) is 0 Å². The molecule has 0 saturated heterocycles. The van der Waals surface area contributed by atoms with E-state index in [0.717, 1.165) is 17.8 Å². The van der Waals surface area contributed by atoms with Crippen molar-refractivity contribution < 1.29 is 0 Å². The van der Waals surface area contributed by atoms with Gasteiger partial charge in [-0.2, -0.15) is 0 Å². The van der Waals surface area contributed by atoms with Gasteiger partial charge in [0.15, 0.2) is 0 Å². The summed E-state index contributed by atoms with van der Waals surface area (Å²) in [6.07, 6.45) is 4.71. The minimum atomic E-state index is 0.643. The van der Waals surface area contributed by atoms with Gasteiger partial charge < -0.3 is 10.3 Å². The third kappa shape index (κ3) is 2.14. The Morgan fingerprint density at radius 2 is 2.06 bits per heavy atom. The lowest BCUT2D eigenvalue weighted by Crippen LogP contribution is -2.02. The summed E-state index contributed by atoms with van der Waals surface area (Å²) in [6.45, 7) is 4.88. The molecule has 1 aromatic carbocycles. The van der Waals surface area contributed by atoms with E-state index in [1.165, 1.54) is 11.1 Å². The predicted molar refractivity (Wildman–Crippen MR) is 65.8 cm³/mol. The molecule has 0 spiro atoms. The van der Waals surface area contributed by atoms with Crippen LogP contribution in [0.4, 0.5) is 0 Å². The fourth-order valence-corrected chi connectivity index (χ4v) is 1.67. The molecule has 2 N–H and O–H groups in total. The van der Waals surface area contributed by atoms with Crippen molar-refractivity contribution in [3.8, 4) is 5.69 Å². The molecule has 0 atom stereocenters. The maximum Gasteiger partial charge on any atom is 0.0995 e. The Bertz CT molecular complexity index is 486. The van der Waals surface area contributed by atoms with Crippen LogP contribution in [0.1, 0.15) is 16.8 Å². The lowest BCUT2D eigenvalue weighted by Gasteiger charge is -2.05. The third-order valence-corrected chi connectivity index (χ3v) is 2.83. The summed E-state index contributed by atoms with van der Waals surface area (Å²) >= 11 is 0. The highest BCUT2D eigenvalue weighted by molar-refractivity contribution is 5.39. The van der Waals surface area contributed by atoms with Crippen molar-refractivity contribution in [3.63, 3.8) is 0 Å². The zero-order chi connectivity index (χ0) is 11.5. The van der Waals surface area contributed by atoms with Gasteiger partial charge in [-0.1, -0.05) is 6.07 Å². The minimum Gasteiger partial charge on any atom is -0.330 e. The number of hydrogen-bond acceptors (Lipinski definition) is 2. The van der Waals surface area contributed by atoms with Crippen molar-refractivity contribution in [2.45, 2.75) is 20.3 Å². The average molecular weight is 215 g/mol. The summed E-state index contributed by atoms with van der Waals surface area (Å²) < 4.78 is 2.04. The van der Waals surface area contributed by atoms with E-state index in [0.29, 0.717) is 6.54 Å². The SMILES string of the molecule is Cc1ccc(-n2cnc(CCN)c2)cc1C. The molecule has 0 amide bonds. The van der Waals surface area contributed by atoms with Crippen molar-refractivity contribution in [2.24, 2.45) is 5.73 Å². The van der Waals surface area contributed by atoms with E-state index in [4.69, 9.17) is 5.73 Å². The Morgan fingerprint density at radius 1 is 1.25 bits per heavy atom. The number of benzene rings is 1. The molecule has 0 radical (unpaired) electrons. The molecule has 2 aromatic rings. The van der Waals surface area contributed by atoms with E-state index in [-0.39, 0.29) is 0 Å². The monoisotopic (exact) mass is 215 g/mol. The molecular weight excluding hydrogens is 198 g/mol. The van der Waals surface area contributed by atoms with Gasteiger partial charge in [-0.25, -0.2) is 4.98 Å². The summed E-state index contributed by atoms with van der Waals surface area (Å²) in [5, 5.41) is 0. The second-order valence-electron chi connectivity index (χ2n) is 4.08. The molecule has 0 aliphatic heterocycles. The van der Waals surface area contributed by atoms with Crippen LogP contribution < -0.4 is 5.73 Å². The summed E-state index contributed by atoms with van der Waals surface area (Å²) in [6, 6.07) is 6.41. The fraction of sp³-hybridized carbons (Fsp3) is 0.308. The number of nitrogens with two attached hydrogens (primary N) is 1. The number of aryl methyl sites for hydroxylation is 2. The molecule has 0 unspecified atom stereocenters. The highest BCUT2D eigenvalue weighted by atomic mass is 15.0. The van der Waals surface area contributed by atoms with Gasteiger partial charge in [0, 0.05) is 18.3 Å². The highest BCUT2D eigenvalue weighted by Gasteiger charge is 2.01. The molecule has 84 valence electrons. The van der Waals surface area contributed by atoms with E-state index in [1.807, 2.05) is 17.1 Å². The standard InChI is InChI=1S/C13H17N3/c1-10-3-4-13(7-11(10)2)16-8-12(5-6-14)15-9-16/h3-4,7-9H,5-6,14H2,1-2H3. The van der Waals surface area contributed by atoms with Crippen LogP contribution >= 0.6 is 0 Å². The maximum atomic E-state index is 5.50. The Hall–Kier alpha value is -1.61. The Labute approximate surface area is 95.9 Å². The van der Waals surface area contributed by atoms with Crippen LogP contribution in [0.3, 0.4) is 0 Å². The van der Waals surface area contributed by atoms with Crippen molar-refractivity contribution in [3.05, 3.63) is 47.5 Å². The topological polar surface area (TPSA) is 43.8 Å². The fourth-order valence-electron chi connectivity index (χ4n) is 1.67. The number of nitrogens with zero attached hydrogens (tertiary/aromatic N) is 2. The van der Waals surface area contributed by atoms with Crippen molar-refractivity contribution in [1.82, 2.24) is 9.55 Å². The number of aromatic nitrogens is 2. The molecule has 1 heterocycles. The van der Waals surface area contributed by atoms with Gasteiger partial charge in [0.05, 0.1) is 12.0 Å². The van der Waals surface area contributed by atoms with Gasteiger partial charge in [-0.3, -0.25) is 0 Å². The van der Waals surface area contributed by atoms with E-state index >= 15 is 0 Å². The van der Waals surface area contributed by atoms with Gasteiger partial charge in [-0.15, -0.1) is 0 Å². The van der Waals surface area contributed by atoms with Gasteiger partial charge in [-0.05, 0) is 43.7 Å². The maximum absolute atomic E-state index is 5.50. The first kappa shape index (κ1) is 10.9. The molecule has 0 aliphatic carbocycles. The molecule has 0 saturated carbocycles. The minimum absolute atomic E-state index is 0.643.